The molecule has 0 radical (unpaired) electrons. The Bertz CT molecular complexity index is 760. The number of nitrogens with zero attached hydrogens (tertiary/aromatic N) is 2. The van der Waals surface area contributed by atoms with Crippen LogP contribution in [0.25, 0.3) is 0 Å². The van der Waals surface area contributed by atoms with Crippen molar-refractivity contribution in [3.8, 4) is 5.75 Å². The maximum absolute atomic E-state index is 13.2. The van der Waals surface area contributed by atoms with Crippen molar-refractivity contribution in [1.29, 1.82) is 0 Å². The lowest BCUT2D eigenvalue weighted by Crippen LogP contribution is -2.27. The predicted molar refractivity (Wildman–Crippen MR) is 90.9 cm³/mol. The average molecular weight is 347 g/mol. The minimum absolute atomic E-state index is 0.156. The number of rotatable bonds is 4. The minimum Gasteiger partial charge on any atom is -0.497 e. The number of hydrazone groups is 1. The molecule has 2 aromatic carbocycles. The summed E-state index contributed by atoms with van der Waals surface area (Å²) >= 11 is 5.71. The fourth-order valence-corrected chi connectivity index (χ4v) is 2.83. The summed E-state index contributed by atoms with van der Waals surface area (Å²) in [5.41, 5.74) is 2.51. The average Bonchev–Trinajstić information content (AvgIpc) is 3.07. The molecule has 0 saturated carbocycles. The van der Waals surface area contributed by atoms with Crippen molar-refractivity contribution in [1.82, 2.24) is 5.01 Å². The Labute approximate surface area is 144 Å². The molecule has 0 saturated heterocycles. The van der Waals surface area contributed by atoms with E-state index in [1.165, 1.54) is 17.1 Å². The molecule has 1 heterocycles. The van der Waals surface area contributed by atoms with E-state index in [1.807, 2.05) is 24.3 Å². The zero-order valence-electron chi connectivity index (χ0n) is 13.1. The van der Waals surface area contributed by atoms with Gasteiger partial charge in [-0.3, -0.25) is 4.79 Å². The van der Waals surface area contributed by atoms with Gasteiger partial charge in [0.15, 0.2) is 0 Å². The Morgan fingerprint density at radius 3 is 2.50 bits per heavy atom. The third kappa shape index (κ3) is 3.26. The summed E-state index contributed by atoms with van der Waals surface area (Å²) in [4.78, 5) is 12.1. The lowest BCUT2D eigenvalue weighted by atomic mass is 9.98. The fourth-order valence-electron chi connectivity index (χ4n) is 2.70. The standard InChI is InChI=1S/C18H16ClFN2O2/c1-24-15-8-4-12(5-9-15)16-10-17(22(21-16)18(23)11-19)13-2-6-14(20)7-3-13/h2-9,17H,10-11H2,1H3/t17-/m1/s1. The molecule has 0 spiro atoms. The zero-order chi connectivity index (χ0) is 17.1. The highest BCUT2D eigenvalue weighted by Crippen LogP contribution is 2.33. The van der Waals surface area contributed by atoms with Crippen LogP contribution in [0.15, 0.2) is 53.6 Å². The van der Waals surface area contributed by atoms with Crippen LogP contribution in [-0.2, 0) is 4.79 Å². The van der Waals surface area contributed by atoms with Gasteiger partial charge in [-0.1, -0.05) is 12.1 Å². The summed E-state index contributed by atoms with van der Waals surface area (Å²) in [5, 5.41) is 5.83. The van der Waals surface area contributed by atoms with Crippen LogP contribution in [0.3, 0.4) is 0 Å². The molecule has 2 aromatic rings. The van der Waals surface area contributed by atoms with Gasteiger partial charge in [-0.2, -0.15) is 5.10 Å². The van der Waals surface area contributed by atoms with E-state index in [4.69, 9.17) is 16.3 Å². The summed E-state index contributed by atoms with van der Waals surface area (Å²) in [6, 6.07) is 13.3. The van der Waals surface area contributed by atoms with Crippen molar-refractivity contribution in [3.63, 3.8) is 0 Å². The fraction of sp³-hybridized carbons (Fsp3) is 0.222. The molecule has 0 N–H and O–H groups in total. The van der Waals surface area contributed by atoms with Gasteiger partial charge >= 0.3 is 0 Å². The monoisotopic (exact) mass is 346 g/mol. The number of benzene rings is 2. The number of hydrogen-bond donors (Lipinski definition) is 0. The highest BCUT2D eigenvalue weighted by molar-refractivity contribution is 6.27. The second-order valence-electron chi connectivity index (χ2n) is 5.42. The van der Waals surface area contributed by atoms with E-state index in [0.29, 0.717) is 6.42 Å². The third-order valence-corrected chi connectivity index (χ3v) is 4.19. The van der Waals surface area contributed by atoms with Gasteiger partial charge in [-0.15, -0.1) is 11.6 Å². The van der Waals surface area contributed by atoms with E-state index in [1.54, 1.807) is 19.2 Å². The first kappa shape index (κ1) is 16.5. The van der Waals surface area contributed by atoms with Gasteiger partial charge in [-0.25, -0.2) is 9.40 Å². The number of carbonyl (C=O) groups excluding carboxylic acids is 1. The van der Waals surface area contributed by atoms with Crippen molar-refractivity contribution in [2.45, 2.75) is 12.5 Å². The van der Waals surface area contributed by atoms with Crippen molar-refractivity contribution in [2.24, 2.45) is 5.10 Å². The Kier molecular flexibility index (Phi) is 4.81. The topological polar surface area (TPSA) is 41.9 Å². The third-order valence-electron chi connectivity index (χ3n) is 3.96. The summed E-state index contributed by atoms with van der Waals surface area (Å²) in [7, 11) is 1.60. The molecule has 1 aliphatic rings. The first-order valence-corrected chi connectivity index (χ1v) is 8.01. The van der Waals surface area contributed by atoms with E-state index < -0.39 is 0 Å². The largest absolute Gasteiger partial charge is 0.497 e. The van der Waals surface area contributed by atoms with Crippen LogP contribution >= 0.6 is 11.6 Å². The SMILES string of the molecule is COc1ccc(C2=NN(C(=O)CCl)[C@@H](c3ccc(F)cc3)C2)cc1. The number of carbonyl (C=O) groups is 1. The summed E-state index contributed by atoms with van der Waals surface area (Å²) in [5.74, 6) is -0.00392. The Morgan fingerprint density at radius 1 is 1.25 bits per heavy atom. The first-order chi connectivity index (χ1) is 11.6. The molecular weight excluding hydrogens is 331 g/mol. The molecule has 1 atom stereocenters. The van der Waals surface area contributed by atoms with E-state index in [9.17, 15) is 9.18 Å². The maximum atomic E-state index is 13.2. The second kappa shape index (κ2) is 7.01. The molecule has 6 heteroatoms. The molecular formula is C18H16ClFN2O2. The quantitative estimate of drug-likeness (QED) is 0.791. The van der Waals surface area contributed by atoms with Gasteiger partial charge < -0.3 is 4.74 Å². The molecule has 3 rings (SSSR count). The van der Waals surface area contributed by atoms with E-state index in [0.717, 1.165) is 22.6 Å². The summed E-state index contributed by atoms with van der Waals surface area (Å²) in [6.45, 7) is 0. The van der Waals surface area contributed by atoms with Crippen molar-refractivity contribution in [2.75, 3.05) is 13.0 Å². The normalized spacial score (nSPS) is 16.9. The molecule has 0 aliphatic carbocycles. The maximum Gasteiger partial charge on any atom is 0.258 e. The number of amides is 1. The molecule has 24 heavy (non-hydrogen) atoms. The van der Waals surface area contributed by atoms with Gasteiger partial charge in [0.05, 0.1) is 18.9 Å². The smallest absolute Gasteiger partial charge is 0.258 e. The molecule has 124 valence electrons. The molecule has 1 aliphatic heterocycles. The van der Waals surface area contributed by atoms with Crippen molar-refractivity contribution >= 4 is 23.2 Å². The first-order valence-electron chi connectivity index (χ1n) is 7.47. The Morgan fingerprint density at radius 2 is 1.92 bits per heavy atom. The highest BCUT2D eigenvalue weighted by atomic mass is 35.5. The predicted octanol–water partition coefficient (Wildman–Crippen LogP) is 3.75. The van der Waals surface area contributed by atoms with Crippen molar-refractivity contribution in [3.05, 3.63) is 65.5 Å². The van der Waals surface area contributed by atoms with Gasteiger partial charge in [0.2, 0.25) is 0 Å². The van der Waals surface area contributed by atoms with Gasteiger partial charge in [0, 0.05) is 6.42 Å². The zero-order valence-corrected chi connectivity index (χ0v) is 13.8. The Hall–Kier alpha value is -2.40. The minimum atomic E-state index is -0.316. The van der Waals surface area contributed by atoms with Gasteiger partial charge in [0.25, 0.3) is 5.91 Å². The molecule has 0 aromatic heterocycles. The van der Waals surface area contributed by atoms with Gasteiger partial charge in [-0.05, 0) is 47.5 Å². The molecule has 1 amide bonds. The number of hydrogen-bond acceptors (Lipinski definition) is 3. The molecule has 0 bridgehead atoms. The Balaban J connectivity index is 1.91. The number of methoxy groups -OCH3 is 1. The molecule has 0 unspecified atom stereocenters. The van der Waals surface area contributed by atoms with Crippen LogP contribution in [0.5, 0.6) is 5.75 Å². The molecule has 4 nitrogen and oxygen atoms in total. The lowest BCUT2D eigenvalue weighted by molar-refractivity contribution is -0.130. The van der Waals surface area contributed by atoms with E-state index >= 15 is 0 Å². The van der Waals surface area contributed by atoms with Crippen LogP contribution in [0.1, 0.15) is 23.6 Å². The van der Waals surface area contributed by atoms with Gasteiger partial charge in [0.1, 0.15) is 17.4 Å². The van der Waals surface area contributed by atoms with Crippen molar-refractivity contribution < 1.29 is 13.9 Å². The summed E-state index contributed by atoms with van der Waals surface area (Å²) in [6.07, 6.45) is 0.542. The van der Waals surface area contributed by atoms with Crippen LogP contribution < -0.4 is 4.74 Å². The molecule has 0 fully saturated rings. The van der Waals surface area contributed by atoms with E-state index in [2.05, 4.69) is 5.10 Å². The van der Waals surface area contributed by atoms with E-state index in [-0.39, 0.29) is 23.6 Å². The van der Waals surface area contributed by atoms with Crippen LogP contribution in [0.2, 0.25) is 0 Å². The second-order valence-corrected chi connectivity index (χ2v) is 5.69. The van der Waals surface area contributed by atoms with Crippen LogP contribution in [0.4, 0.5) is 4.39 Å². The van der Waals surface area contributed by atoms with Crippen LogP contribution in [-0.4, -0.2) is 29.6 Å². The number of halogens is 2. The lowest BCUT2D eigenvalue weighted by Gasteiger charge is -2.21. The number of ether oxygens (including phenoxy) is 1. The number of alkyl halides is 1. The van der Waals surface area contributed by atoms with Crippen LogP contribution in [0, 0.1) is 5.82 Å². The summed E-state index contributed by atoms with van der Waals surface area (Å²) < 4.78 is 18.3. The highest BCUT2D eigenvalue weighted by Gasteiger charge is 2.32.